The molecule has 0 aliphatic rings. The third kappa shape index (κ3) is 6.48. The van der Waals surface area contributed by atoms with Crippen molar-refractivity contribution in [2.24, 2.45) is 0 Å². The van der Waals surface area contributed by atoms with Gasteiger partial charge in [-0.25, -0.2) is 0 Å². The van der Waals surface area contributed by atoms with Gasteiger partial charge in [-0.05, 0) is 88.8 Å². The Morgan fingerprint density at radius 3 is 1.41 bits per heavy atom. The molecule has 0 unspecified atom stereocenters. The van der Waals surface area contributed by atoms with E-state index < -0.39 is 0 Å². The summed E-state index contributed by atoms with van der Waals surface area (Å²) in [6.07, 6.45) is 0. The van der Waals surface area contributed by atoms with E-state index in [0.29, 0.717) is 39.5 Å². The molecule has 18 aromatic rings. The Bertz CT molecular complexity index is 5840. The van der Waals surface area contributed by atoms with Crippen LogP contribution in [-0.4, -0.2) is 18.3 Å². The minimum atomic E-state index is -0.176. The van der Waals surface area contributed by atoms with E-state index >= 15 is 0 Å². The molecule has 0 aliphatic heterocycles. The summed E-state index contributed by atoms with van der Waals surface area (Å²) in [6, 6.07) is 89.9. The van der Waals surface area contributed by atoms with Crippen LogP contribution in [0.4, 0.5) is 0 Å². The first-order chi connectivity index (χ1) is 42.3. The van der Waals surface area contributed by atoms with Crippen molar-refractivity contribution in [1.82, 2.24) is 18.3 Å². The highest BCUT2D eigenvalue weighted by Gasteiger charge is 2.36. The Kier molecular flexibility index (Phi) is 9.95. The van der Waals surface area contributed by atoms with Crippen LogP contribution in [0.1, 0.15) is 37.5 Å². The molecule has 12 aromatic carbocycles. The van der Waals surface area contributed by atoms with Crippen LogP contribution in [-0.2, 0) is 5.41 Å². The molecular formula is C78H48N6OS. The van der Waals surface area contributed by atoms with E-state index in [1.54, 1.807) is 11.3 Å². The van der Waals surface area contributed by atoms with Crippen molar-refractivity contribution < 1.29 is 4.42 Å². The third-order valence-electron chi connectivity index (χ3n) is 18.2. The fourth-order valence-corrected chi connectivity index (χ4v) is 15.7. The Morgan fingerprint density at radius 2 is 0.814 bits per heavy atom. The number of rotatable bonds is 5. The standard InChI is InChI=1S/C78H48N6OS/c1-78(2,3)47-34-40-67-59(42-47)55-36-38-57-53-26-12-18-32-69(53)86-77(57)74(55)83(67)70-60(43-79)71(81-62-27-13-7-21-48(62)49-22-8-14-28-63(49)81)75(72(61(70)44-80)82-64-29-15-9-23-50(64)51-24-10-16-30-65(51)82)84-66-39-33-46(45-19-5-4-6-20-45)41-58(66)54-35-37-56-52-25-11-17-31-68(52)85-76(56)73(54)84/h4-42H,1-3H3. The molecule has 0 spiro atoms. The van der Waals surface area contributed by atoms with Gasteiger partial charge >= 0.3 is 0 Å². The van der Waals surface area contributed by atoms with Crippen LogP contribution in [0.2, 0.25) is 0 Å². The largest absolute Gasteiger partial charge is 0.454 e. The average molecular weight is 1120 g/mol. The summed E-state index contributed by atoms with van der Waals surface area (Å²) in [5.74, 6) is 0. The fraction of sp³-hybridized carbons (Fsp3) is 0.0513. The summed E-state index contributed by atoms with van der Waals surface area (Å²) >= 11 is 1.76. The number of nitriles is 2. The van der Waals surface area contributed by atoms with E-state index in [1.165, 1.54) is 5.56 Å². The molecule has 0 saturated carbocycles. The van der Waals surface area contributed by atoms with Crippen molar-refractivity contribution in [3.63, 3.8) is 0 Å². The Balaban J connectivity index is 1.16. The van der Waals surface area contributed by atoms with Crippen LogP contribution in [0.3, 0.4) is 0 Å². The highest BCUT2D eigenvalue weighted by atomic mass is 32.1. The minimum absolute atomic E-state index is 0.176. The summed E-state index contributed by atoms with van der Waals surface area (Å²) in [5.41, 5.74) is 14.9. The van der Waals surface area contributed by atoms with Crippen molar-refractivity contribution in [3.8, 4) is 46.0 Å². The summed E-state index contributed by atoms with van der Waals surface area (Å²) < 4.78 is 18.7. The van der Waals surface area contributed by atoms with Gasteiger partial charge in [0.1, 0.15) is 28.8 Å². The second-order valence-corrected chi connectivity index (χ2v) is 24.8. The molecule has 0 atom stereocenters. The van der Waals surface area contributed by atoms with Crippen molar-refractivity contribution in [2.75, 3.05) is 0 Å². The number of furan rings is 1. The maximum absolute atomic E-state index is 13.0. The van der Waals surface area contributed by atoms with Crippen LogP contribution in [0.15, 0.2) is 241 Å². The molecule has 6 heterocycles. The first-order valence-electron chi connectivity index (χ1n) is 29.1. The Labute approximate surface area is 496 Å². The molecule has 0 bridgehead atoms. The molecule has 0 amide bonds. The van der Waals surface area contributed by atoms with Gasteiger partial charge in [0.25, 0.3) is 0 Å². The predicted molar refractivity (Wildman–Crippen MR) is 358 cm³/mol. The summed E-state index contributed by atoms with van der Waals surface area (Å²) in [4.78, 5) is 0. The van der Waals surface area contributed by atoms with Crippen LogP contribution in [0, 0.1) is 22.7 Å². The molecule has 402 valence electrons. The summed E-state index contributed by atoms with van der Waals surface area (Å²) in [7, 11) is 0. The molecule has 0 N–H and O–H groups in total. The lowest BCUT2D eigenvalue weighted by atomic mass is 9.86. The lowest BCUT2D eigenvalue weighted by molar-refractivity contribution is 0.591. The van der Waals surface area contributed by atoms with Gasteiger partial charge in [0.15, 0.2) is 5.58 Å². The molecule has 0 aliphatic carbocycles. The first-order valence-corrected chi connectivity index (χ1v) is 29.9. The monoisotopic (exact) mass is 1120 g/mol. The second kappa shape index (κ2) is 17.7. The second-order valence-electron chi connectivity index (χ2n) is 23.7. The molecular weight excluding hydrogens is 1070 g/mol. The van der Waals surface area contributed by atoms with Crippen molar-refractivity contribution in [1.29, 1.82) is 10.5 Å². The first kappa shape index (κ1) is 48.4. The Morgan fingerprint density at radius 1 is 0.349 bits per heavy atom. The van der Waals surface area contributed by atoms with E-state index in [9.17, 15) is 10.5 Å². The van der Waals surface area contributed by atoms with E-state index in [1.807, 2.05) is 12.1 Å². The number of benzene rings is 12. The lowest BCUT2D eigenvalue weighted by Gasteiger charge is -2.27. The van der Waals surface area contributed by atoms with Gasteiger partial charge in [0.2, 0.25) is 0 Å². The van der Waals surface area contributed by atoms with Gasteiger partial charge in [0, 0.05) is 69.3 Å². The molecule has 8 heteroatoms. The normalized spacial score (nSPS) is 12.3. The third-order valence-corrected chi connectivity index (χ3v) is 19.4. The zero-order valence-electron chi connectivity index (χ0n) is 47.0. The van der Waals surface area contributed by atoms with Gasteiger partial charge in [-0.1, -0.05) is 191 Å². The number of para-hydroxylation sites is 5. The number of hydrogen-bond donors (Lipinski definition) is 0. The number of hydrogen-bond acceptors (Lipinski definition) is 4. The smallest absolute Gasteiger partial charge is 0.160 e. The highest BCUT2D eigenvalue weighted by Crippen LogP contribution is 2.52. The maximum atomic E-state index is 13.0. The molecule has 0 saturated heterocycles. The average Bonchev–Trinajstić information content (AvgIpc) is 1.52. The predicted octanol–water partition coefficient (Wildman–Crippen LogP) is 21.1. The molecule has 0 fully saturated rings. The van der Waals surface area contributed by atoms with Crippen molar-refractivity contribution >= 4 is 141 Å². The molecule has 0 radical (unpaired) electrons. The molecule has 7 nitrogen and oxygen atoms in total. The number of nitrogens with zero attached hydrogens (tertiary/aromatic N) is 6. The van der Waals surface area contributed by atoms with Crippen LogP contribution < -0.4 is 0 Å². The number of fused-ring (bicyclic) bond motifs is 20. The SMILES string of the molecule is CC(C)(C)c1ccc2c(c1)c1ccc3c4ccccc4sc3c1n2-c1c(C#N)c(-n2c3ccccc3c3ccccc32)c(-n2c3ccc(-c4ccccc4)cc3c3ccc4c5ccccc5oc4c32)c(-n2c3ccccc3c3ccccc32)c1C#N. The van der Waals surface area contributed by atoms with Gasteiger partial charge in [0.05, 0.1) is 71.6 Å². The molecule has 6 aromatic heterocycles. The van der Waals surface area contributed by atoms with Gasteiger partial charge in [-0.3, -0.25) is 0 Å². The van der Waals surface area contributed by atoms with E-state index in [2.05, 4.69) is 276 Å². The zero-order valence-corrected chi connectivity index (χ0v) is 47.8. The van der Waals surface area contributed by atoms with Gasteiger partial charge in [-0.2, -0.15) is 10.5 Å². The quantitative estimate of drug-likeness (QED) is 0.172. The van der Waals surface area contributed by atoms with E-state index in [0.717, 1.165) is 135 Å². The zero-order chi connectivity index (χ0) is 57.3. The van der Waals surface area contributed by atoms with E-state index in [4.69, 9.17) is 4.42 Å². The van der Waals surface area contributed by atoms with Crippen LogP contribution >= 0.6 is 11.3 Å². The highest BCUT2D eigenvalue weighted by molar-refractivity contribution is 7.26. The molecule has 86 heavy (non-hydrogen) atoms. The van der Waals surface area contributed by atoms with Crippen molar-refractivity contribution in [2.45, 2.75) is 26.2 Å². The lowest BCUT2D eigenvalue weighted by Crippen LogP contribution is -2.17. The number of thiophene rings is 1. The summed E-state index contributed by atoms with van der Waals surface area (Å²) in [5, 5.41) is 38.5. The summed E-state index contributed by atoms with van der Waals surface area (Å²) in [6.45, 7) is 6.76. The maximum Gasteiger partial charge on any atom is 0.160 e. The number of aromatic nitrogens is 4. The van der Waals surface area contributed by atoms with Crippen molar-refractivity contribution in [3.05, 3.63) is 253 Å². The topological polar surface area (TPSA) is 80.4 Å². The molecule has 18 rings (SSSR count). The van der Waals surface area contributed by atoms with Gasteiger partial charge < -0.3 is 22.7 Å². The van der Waals surface area contributed by atoms with Crippen LogP contribution in [0.5, 0.6) is 0 Å². The van der Waals surface area contributed by atoms with E-state index in [-0.39, 0.29) is 5.41 Å². The Hall–Kier alpha value is -11.2. The minimum Gasteiger partial charge on any atom is -0.454 e. The van der Waals surface area contributed by atoms with Gasteiger partial charge in [-0.15, -0.1) is 11.3 Å². The fourth-order valence-electron chi connectivity index (χ4n) is 14.4. The van der Waals surface area contributed by atoms with Crippen LogP contribution in [0.25, 0.3) is 163 Å².